The summed E-state index contributed by atoms with van der Waals surface area (Å²) >= 11 is 5.75. The van der Waals surface area contributed by atoms with E-state index in [4.69, 9.17) is 14.5 Å². The predicted molar refractivity (Wildman–Crippen MR) is 189 cm³/mol. The number of aromatic amines is 1. The number of thiophene rings is 1. The Hall–Kier alpha value is -4.92. The first-order valence-corrected chi connectivity index (χ1v) is 16.4. The molecule has 7 rings (SSSR count). The van der Waals surface area contributed by atoms with Gasteiger partial charge in [-0.25, -0.2) is 9.97 Å². The normalized spacial score (nSPS) is 12.7. The van der Waals surface area contributed by atoms with Crippen molar-refractivity contribution in [3.05, 3.63) is 131 Å². The molecule has 4 aromatic carbocycles. The van der Waals surface area contributed by atoms with Crippen LogP contribution in [0.15, 0.2) is 115 Å². The fraction of sp³-hybridized carbons (Fsp3) is 0.132. The minimum absolute atomic E-state index is 0.166. The van der Waals surface area contributed by atoms with Gasteiger partial charge in [-0.2, -0.15) is 0 Å². The number of thiol groups is 1. The van der Waals surface area contributed by atoms with Crippen LogP contribution in [-0.2, 0) is 11.4 Å². The number of benzene rings is 4. The second-order valence-electron chi connectivity index (χ2n) is 11.2. The van der Waals surface area contributed by atoms with Crippen molar-refractivity contribution < 1.29 is 14.3 Å². The summed E-state index contributed by atoms with van der Waals surface area (Å²) in [5.41, 5.74) is 7.82. The largest absolute Gasteiger partial charge is 0.487 e. The molecule has 0 spiro atoms. The van der Waals surface area contributed by atoms with E-state index < -0.39 is 0 Å². The number of carbonyl (C=O) groups excluding carboxylic acids is 1. The third-order valence-electron chi connectivity index (χ3n) is 8.04. The maximum absolute atomic E-state index is 12.4. The van der Waals surface area contributed by atoms with Crippen molar-refractivity contribution in [3.8, 4) is 33.8 Å². The van der Waals surface area contributed by atoms with E-state index in [-0.39, 0.29) is 17.1 Å². The Morgan fingerprint density at radius 3 is 2.26 bits per heavy atom. The summed E-state index contributed by atoms with van der Waals surface area (Å²) in [6.07, 6.45) is -0.259. The minimum Gasteiger partial charge on any atom is -0.487 e. The highest BCUT2D eigenvalue weighted by Gasteiger charge is 2.23. The molecule has 228 valence electrons. The van der Waals surface area contributed by atoms with E-state index in [1.54, 1.807) is 11.3 Å². The number of H-pyrrole nitrogens is 1. The summed E-state index contributed by atoms with van der Waals surface area (Å²) in [7, 11) is 0. The second-order valence-corrected chi connectivity index (χ2v) is 12.5. The molecule has 46 heavy (non-hydrogen) atoms. The van der Waals surface area contributed by atoms with E-state index in [0.717, 1.165) is 72.1 Å². The number of fused-ring (bicyclic) bond motifs is 2. The van der Waals surface area contributed by atoms with Gasteiger partial charge in [0.05, 0.1) is 28.2 Å². The third-order valence-corrected chi connectivity index (χ3v) is 9.59. The summed E-state index contributed by atoms with van der Waals surface area (Å²) < 4.78 is 12.3. The Morgan fingerprint density at radius 1 is 0.804 bits per heavy atom. The van der Waals surface area contributed by atoms with Crippen molar-refractivity contribution in [2.75, 3.05) is 0 Å². The highest BCUT2D eigenvalue weighted by Crippen LogP contribution is 2.44. The Kier molecular flexibility index (Phi) is 8.30. The third kappa shape index (κ3) is 6.14. The maximum Gasteiger partial charge on any atom is 0.193 e. The first kappa shape index (κ1) is 29.8. The molecule has 1 N–H and O–H groups in total. The first-order chi connectivity index (χ1) is 22.4. The fourth-order valence-corrected chi connectivity index (χ4v) is 6.89. The lowest BCUT2D eigenvalue weighted by atomic mass is 9.93. The topological polar surface area (TPSA) is 77.1 Å². The van der Waals surface area contributed by atoms with E-state index in [2.05, 4.69) is 52.2 Å². The number of nitrogens with one attached hydrogen (secondary N) is 1. The highest BCUT2D eigenvalue weighted by molar-refractivity contribution is 7.96. The highest BCUT2D eigenvalue weighted by atomic mass is 32.1. The molecular weight excluding hydrogens is 611 g/mol. The van der Waals surface area contributed by atoms with E-state index in [1.807, 2.05) is 98.8 Å². The van der Waals surface area contributed by atoms with Gasteiger partial charge in [0.2, 0.25) is 0 Å². The summed E-state index contributed by atoms with van der Waals surface area (Å²) in [4.78, 5) is 26.1. The predicted octanol–water partition coefficient (Wildman–Crippen LogP) is 9.79. The van der Waals surface area contributed by atoms with Crippen molar-refractivity contribution in [1.29, 1.82) is 0 Å². The molecule has 3 heterocycles. The van der Waals surface area contributed by atoms with Gasteiger partial charge in [-0.3, -0.25) is 4.79 Å². The lowest BCUT2D eigenvalue weighted by molar-refractivity contribution is -0.111. The molecule has 3 aromatic heterocycles. The van der Waals surface area contributed by atoms with Gasteiger partial charge >= 0.3 is 0 Å². The van der Waals surface area contributed by atoms with Crippen molar-refractivity contribution in [2.45, 2.75) is 32.5 Å². The van der Waals surface area contributed by atoms with Crippen LogP contribution in [0.2, 0.25) is 0 Å². The van der Waals surface area contributed by atoms with Gasteiger partial charge in [0.1, 0.15) is 23.9 Å². The Balaban J connectivity index is 1.11. The average molecular weight is 642 g/mol. The smallest absolute Gasteiger partial charge is 0.193 e. The molecule has 0 aliphatic heterocycles. The number of imidazole rings is 1. The van der Waals surface area contributed by atoms with E-state index in [1.165, 1.54) is 0 Å². The number of hydrogen-bond acceptors (Lipinski definition) is 6. The van der Waals surface area contributed by atoms with Crippen LogP contribution in [0.5, 0.6) is 11.5 Å². The van der Waals surface area contributed by atoms with E-state index >= 15 is 0 Å². The van der Waals surface area contributed by atoms with Gasteiger partial charge in [0.25, 0.3) is 0 Å². The molecule has 0 saturated heterocycles. The molecule has 0 amide bonds. The van der Waals surface area contributed by atoms with Crippen LogP contribution >= 0.6 is 24.0 Å². The van der Waals surface area contributed by atoms with Gasteiger partial charge < -0.3 is 14.5 Å². The fourth-order valence-electron chi connectivity index (χ4n) is 5.52. The van der Waals surface area contributed by atoms with Crippen LogP contribution < -0.4 is 9.47 Å². The Morgan fingerprint density at radius 2 is 1.50 bits per heavy atom. The molecule has 2 atom stereocenters. The van der Waals surface area contributed by atoms with E-state index in [0.29, 0.717) is 6.61 Å². The second kappa shape index (κ2) is 12.8. The summed E-state index contributed by atoms with van der Waals surface area (Å²) in [5, 5.41) is 3.05. The monoisotopic (exact) mass is 641 g/mol. The zero-order valence-corrected chi connectivity index (χ0v) is 27.0. The summed E-state index contributed by atoms with van der Waals surface area (Å²) in [6, 6.07) is 36.1. The van der Waals surface area contributed by atoms with Gasteiger partial charge in [-0.15, -0.1) is 24.0 Å². The number of pyridine rings is 1. The molecule has 7 aromatic rings. The van der Waals surface area contributed by atoms with Crippen LogP contribution in [0.4, 0.5) is 0 Å². The lowest BCUT2D eigenvalue weighted by Crippen LogP contribution is -2.05. The summed E-state index contributed by atoms with van der Waals surface area (Å²) in [6.45, 7) is 4.26. The van der Waals surface area contributed by atoms with Gasteiger partial charge in [0, 0.05) is 21.4 Å². The number of aromatic nitrogens is 3. The van der Waals surface area contributed by atoms with Gasteiger partial charge in [-0.05, 0) is 78.9 Å². The molecule has 0 saturated carbocycles. The molecule has 0 aliphatic rings. The van der Waals surface area contributed by atoms with Crippen LogP contribution in [0.3, 0.4) is 0 Å². The molecule has 0 radical (unpaired) electrons. The Bertz CT molecular complexity index is 2120. The molecule has 0 aliphatic carbocycles. The van der Waals surface area contributed by atoms with Crippen LogP contribution in [0, 0.1) is 0 Å². The Labute approximate surface area is 276 Å². The van der Waals surface area contributed by atoms with Crippen LogP contribution in [0.1, 0.15) is 42.3 Å². The number of ether oxygens (including phenoxy) is 2. The van der Waals surface area contributed by atoms with Crippen LogP contribution in [0.25, 0.3) is 44.2 Å². The zero-order chi connectivity index (χ0) is 31.6. The molecule has 6 nitrogen and oxygen atoms in total. The number of rotatable bonds is 10. The SMILES string of the molecule is CC(Oc1ccc(-c2c(-c3ccc(OCc4ccc5ccccc5n4)cc3)csc2C(C)C(=O)S)cc1)c1nc2ccccc2[nH]1. The first-order valence-electron chi connectivity index (χ1n) is 15.1. The number of nitrogens with zero attached hydrogens (tertiary/aromatic N) is 2. The van der Waals surface area contributed by atoms with Crippen molar-refractivity contribution >= 4 is 51.0 Å². The molecule has 0 bridgehead atoms. The van der Waals surface area contributed by atoms with E-state index in [9.17, 15) is 4.79 Å². The maximum atomic E-state index is 12.4. The van der Waals surface area contributed by atoms with Gasteiger partial charge in [-0.1, -0.05) is 60.7 Å². The van der Waals surface area contributed by atoms with Crippen molar-refractivity contribution in [1.82, 2.24) is 15.0 Å². The quantitative estimate of drug-likeness (QED) is 0.145. The molecule has 2 unspecified atom stereocenters. The minimum atomic E-state index is -0.349. The van der Waals surface area contributed by atoms with Gasteiger partial charge in [0.15, 0.2) is 11.2 Å². The number of hydrogen-bond donors (Lipinski definition) is 2. The van der Waals surface area contributed by atoms with Crippen LogP contribution in [-0.4, -0.2) is 20.1 Å². The molecule has 8 heteroatoms. The zero-order valence-electron chi connectivity index (χ0n) is 25.3. The molecular formula is C38H31N3O3S2. The average Bonchev–Trinajstić information content (AvgIpc) is 3.73. The number of carbonyl (C=O) groups is 1. The summed E-state index contributed by atoms with van der Waals surface area (Å²) in [5.74, 6) is 1.92. The molecule has 0 fully saturated rings. The lowest BCUT2D eigenvalue weighted by Gasteiger charge is -2.15. The number of para-hydroxylation sites is 3. The standard InChI is InChI=1S/C38H31N3O3S2/c1-23(38(42)45)36-35(27-14-19-30(20-15-27)44-24(2)37-40-33-9-5-6-10-34(33)41-37)31(22-46-36)25-12-17-29(18-13-25)43-21-28-16-11-26-7-3-4-8-32(26)39-28/h3-20,22-24H,21H2,1-2H3,(H,40,41)(H,42,45). The van der Waals surface area contributed by atoms with Crippen molar-refractivity contribution in [2.24, 2.45) is 0 Å². The van der Waals surface area contributed by atoms with Crippen molar-refractivity contribution in [3.63, 3.8) is 0 Å².